The van der Waals surface area contributed by atoms with Crippen molar-refractivity contribution in [3.8, 4) is 0 Å². The second kappa shape index (κ2) is 6.62. The number of aryl methyl sites for hydroxylation is 1. The maximum Gasteiger partial charge on any atom is 0.191 e. The second-order valence-electron chi connectivity index (χ2n) is 6.33. The van der Waals surface area contributed by atoms with Crippen molar-refractivity contribution in [2.75, 3.05) is 20.2 Å². The van der Waals surface area contributed by atoms with Crippen molar-refractivity contribution in [1.29, 1.82) is 0 Å². The fourth-order valence-corrected chi connectivity index (χ4v) is 3.03. The SMILES string of the molecule is CN=C(NCc1oc2ccccc2c1C)NCC1(C)CCCO1. The molecule has 1 aromatic heterocycles. The summed E-state index contributed by atoms with van der Waals surface area (Å²) in [6, 6.07) is 8.11. The maximum atomic E-state index is 5.92. The number of nitrogens with one attached hydrogen (secondary N) is 2. The van der Waals surface area contributed by atoms with Crippen LogP contribution in [0.25, 0.3) is 11.0 Å². The molecule has 0 spiro atoms. The standard InChI is InChI=1S/C18H25N3O2/c1-13-14-7-4-5-8-15(14)23-16(13)11-20-17(19-3)21-12-18(2)9-6-10-22-18/h4-5,7-8H,6,9-12H2,1-3H3,(H2,19,20,21). The van der Waals surface area contributed by atoms with Crippen molar-refractivity contribution in [3.05, 3.63) is 35.6 Å². The van der Waals surface area contributed by atoms with E-state index in [1.165, 1.54) is 10.9 Å². The zero-order valence-electron chi connectivity index (χ0n) is 14.1. The molecular formula is C18H25N3O2. The number of ether oxygens (including phenoxy) is 1. The van der Waals surface area contributed by atoms with E-state index in [2.05, 4.69) is 35.5 Å². The lowest BCUT2D eigenvalue weighted by molar-refractivity contribution is 0.0243. The summed E-state index contributed by atoms with van der Waals surface area (Å²) in [5, 5.41) is 7.83. The van der Waals surface area contributed by atoms with Gasteiger partial charge in [-0.15, -0.1) is 0 Å². The third-order valence-corrected chi connectivity index (χ3v) is 4.51. The number of furan rings is 1. The topological polar surface area (TPSA) is 58.8 Å². The number of para-hydroxylation sites is 1. The average molecular weight is 315 g/mol. The van der Waals surface area contributed by atoms with Crippen LogP contribution in [-0.4, -0.2) is 31.8 Å². The van der Waals surface area contributed by atoms with E-state index in [1.54, 1.807) is 7.05 Å². The van der Waals surface area contributed by atoms with Gasteiger partial charge in [-0.3, -0.25) is 4.99 Å². The maximum absolute atomic E-state index is 5.92. The number of hydrogen-bond acceptors (Lipinski definition) is 3. The largest absolute Gasteiger partial charge is 0.459 e. The minimum absolute atomic E-state index is 0.0904. The summed E-state index contributed by atoms with van der Waals surface area (Å²) < 4.78 is 11.7. The molecule has 1 saturated heterocycles. The Morgan fingerprint density at radius 1 is 1.30 bits per heavy atom. The van der Waals surface area contributed by atoms with Crippen LogP contribution in [0.2, 0.25) is 0 Å². The van der Waals surface area contributed by atoms with Gasteiger partial charge in [0, 0.05) is 31.1 Å². The van der Waals surface area contributed by atoms with Gasteiger partial charge in [-0.25, -0.2) is 0 Å². The highest BCUT2D eigenvalue weighted by molar-refractivity contribution is 5.82. The van der Waals surface area contributed by atoms with Crippen molar-refractivity contribution >= 4 is 16.9 Å². The first-order valence-corrected chi connectivity index (χ1v) is 8.17. The minimum Gasteiger partial charge on any atom is -0.459 e. The van der Waals surface area contributed by atoms with E-state index < -0.39 is 0 Å². The van der Waals surface area contributed by atoms with Crippen LogP contribution in [0.1, 0.15) is 31.1 Å². The Kier molecular flexibility index (Phi) is 4.57. The highest BCUT2D eigenvalue weighted by Crippen LogP contribution is 2.25. The molecule has 0 saturated carbocycles. The Labute approximate surface area is 137 Å². The minimum atomic E-state index is -0.0904. The lowest BCUT2D eigenvalue weighted by atomic mass is 10.0. The van der Waals surface area contributed by atoms with Gasteiger partial charge in [0.2, 0.25) is 0 Å². The van der Waals surface area contributed by atoms with Crippen molar-refractivity contribution in [2.45, 2.75) is 38.8 Å². The molecule has 1 unspecified atom stereocenters. The molecule has 0 radical (unpaired) electrons. The summed E-state index contributed by atoms with van der Waals surface area (Å²) in [5.74, 6) is 1.71. The van der Waals surface area contributed by atoms with Gasteiger partial charge in [0.05, 0.1) is 12.1 Å². The Morgan fingerprint density at radius 3 is 2.83 bits per heavy atom. The number of hydrogen-bond donors (Lipinski definition) is 2. The first kappa shape index (κ1) is 15.9. The quantitative estimate of drug-likeness (QED) is 0.673. The summed E-state index contributed by atoms with van der Waals surface area (Å²) >= 11 is 0. The molecule has 3 rings (SSSR count). The fraction of sp³-hybridized carbons (Fsp3) is 0.500. The molecule has 2 heterocycles. The van der Waals surface area contributed by atoms with E-state index in [9.17, 15) is 0 Å². The summed E-state index contributed by atoms with van der Waals surface area (Å²) in [7, 11) is 1.78. The number of nitrogens with zero attached hydrogens (tertiary/aromatic N) is 1. The second-order valence-corrected chi connectivity index (χ2v) is 6.33. The van der Waals surface area contributed by atoms with Crippen molar-refractivity contribution in [2.24, 2.45) is 4.99 Å². The Hall–Kier alpha value is -2.01. The lowest BCUT2D eigenvalue weighted by Gasteiger charge is -2.24. The average Bonchev–Trinajstić information content (AvgIpc) is 3.13. The molecule has 1 aliphatic heterocycles. The van der Waals surface area contributed by atoms with E-state index in [-0.39, 0.29) is 5.60 Å². The van der Waals surface area contributed by atoms with Gasteiger partial charge >= 0.3 is 0 Å². The van der Waals surface area contributed by atoms with E-state index in [4.69, 9.17) is 9.15 Å². The van der Waals surface area contributed by atoms with Gasteiger partial charge in [-0.2, -0.15) is 0 Å². The molecule has 5 heteroatoms. The number of fused-ring (bicyclic) bond motifs is 1. The molecule has 1 fully saturated rings. The molecule has 1 aromatic carbocycles. The molecule has 124 valence electrons. The highest BCUT2D eigenvalue weighted by Gasteiger charge is 2.29. The zero-order chi connectivity index (χ0) is 16.3. The molecule has 2 N–H and O–H groups in total. The van der Waals surface area contributed by atoms with Crippen LogP contribution < -0.4 is 10.6 Å². The van der Waals surface area contributed by atoms with Crippen LogP contribution in [-0.2, 0) is 11.3 Å². The van der Waals surface area contributed by atoms with Crippen LogP contribution in [0.4, 0.5) is 0 Å². The molecular weight excluding hydrogens is 290 g/mol. The molecule has 0 amide bonds. The van der Waals surface area contributed by atoms with Gasteiger partial charge in [-0.1, -0.05) is 18.2 Å². The molecule has 2 aromatic rings. The molecule has 5 nitrogen and oxygen atoms in total. The van der Waals surface area contributed by atoms with E-state index in [0.717, 1.165) is 43.3 Å². The Bertz CT molecular complexity index is 699. The van der Waals surface area contributed by atoms with Crippen LogP contribution in [0, 0.1) is 6.92 Å². The highest BCUT2D eigenvalue weighted by atomic mass is 16.5. The van der Waals surface area contributed by atoms with E-state index in [0.29, 0.717) is 6.54 Å². The number of guanidine groups is 1. The molecule has 0 aliphatic carbocycles. The smallest absolute Gasteiger partial charge is 0.191 e. The van der Waals surface area contributed by atoms with Crippen LogP contribution in [0.5, 0.6) is 0 Å². The predicted molar refractivity (Wildman–Crippen MR) is 92.7 cm³/mol. The van der Waals surface area contributed by atoms with Crippen LogP contribution >= 0.6 is 0 Å². The lowest BCUT2D eigenvalue weighted by Crippen LogP contribution is -2.45. The van der Waals surface area contributed by atoms with Crippen molar-refractivity contribution in [1.82, 2.24) is 10.6 Å². The monoisotopic (exact) mass is 315 g/mol. The zero-order valence-corrected chi connectivity index (χ0v) is 14.1. The third kappa shape index (κ3) is 3.50. The first-order chi connectivity index (χ1) is 11.1. The van der Waals surface area contributed by atoms with Gasteiger partial charge in [-0.05, 0) is 32.8 Å². The Balaban J connectivity index is 1.60. The molecule has 0 bridgehead atoms. The molecule has 1 aliphatic rings. The third-order valence-electron chi connectivity index (χ3n) is 4.51. The van der Waals surface area contributed by atoms with Crippen molar-refractivity contribution in [3.63, 3.8) is 0 Å². The fourth-order valence-electron chi connectivity index (χ4n) is 3.03. The summed E-state index contributed by atoms with van der Waals surface area (Å²) in [4.78, 5) is 4.28. The van der Waals surface area contributed by atoms with Crippen LogP contribution in [0.15, 0.2) is 33.7 Å². The van der Waals surface area contributed by atoms with Gasteiger partial charge in [0.1, 0.15) is 11.3 Å². The van der Waals surface area contributed by atoms with E-state index in [1.807, 2.05) is 18.2 Å². The first-order valence-electron chi connectivity index (χ1n) is 8.17. The van der Waals surface area contributed by atoms with Crippen molar-refractivity contribution < 1.29 is 9.15 Å². The number of rotatable bonds is 4. The van der Waals surface area contributed by atoms with Gasteiger partial charge in [0.25, 0.3) is 0 Å². The van der Waals surface area contributed by atoms with Crippen LogP contribution in [0.3, 0.4) is 0 Å². The van der Waals surface area contributed by atoms with E-state index >= 15 is 0 Å². The Morgan fingerprint density at radius 2 is 2.13 bits per heavy atom. The van der Waals surface area contributed by atoms with Gasteiger partial charge < -0.3 is 19.8 Å². The van der Waals surface area contributed by atoms with Gasteiger partial charge in [0.15, 0.2) is 5.96 Å². The number of benzene rings is 1. The molecule has 23 heavy (non-hydrogen) atoms. The predicted octanol–water partition coefficient (Wildman–Crippen LogP) is 2.98. The summed E-state index contributed by atoms with van der Waals surface area (Å²) in [6.45, 7) is 6.45. The summed E-state index contributed by atoms with van der Waals surface area (Å²) in [6.07, 6.45) is 2.21. The molecule has 1 atom stereocenters. The normalized spacial score (nSPS) is 21.8. The number of aliphatic imine (C=N–C) groups is 1. The summed E-state index contributed by atoms with van der Waals surface area (Å²) in [5.41, 5.74) is 2.01.